The molecule has 109 heavy (non-hydrogen) atoms. The molecule has 6 N–H and O–H groups in total. The average molecular weight is 1540 g/mol. The number of urea groups is 1. The topological polar surface area (TPSA) is 374 Å². The molecule has 2 saturated heterocycles. The van der Waals surface area contributed by atoms with E-state index in [1.54, 1.807) is 62.1 Å². The number of nitrogens with one attached hydrogen (secondary N) is 3. The second-order valence-electron chi connectivity index (χ2n) is 29.7. The van der Waals surface area contributed by atoms with Gasteiger partial charge in [0, 0.05) is 110 Å². The molecule has 0 aromatic heterocycles. The summed E-state index contributed by atoms with van der Waals surface area (Å²) in [7, 11) is 6.23. The van der Waals surface area contributed by atoms with Crippen molar-refractivity contribution in [2.24, 2.45) is 53.1 Å². The van der Waals surface area contributed by atoms with Crippen molar-refractivity contribution in [2.45, 2.75) is 202 Å². The van der Waals surface area contributed by atoms with Gasteiger partial charge in [-0.1, -0.05) is 118 Å². The number of hydrogen-bond donors (Lipinski definition) is 5. The van der Waals surface area contributed by atoms with E-state index in [0.29, 0.717) is 76.5 Å². The first-order valence-electron chi connectivity index (χ1n) is 38.7. The number of nitrogens with zero attached hydrogens (tertiary/aromatic N) is 4. The lowest BCUT2D eigenvalue weighted by Crippen LogP contribution is -2.54. The summed E-state index contributed by atoms with van der Waals surface area (Å²) in [4.78, 5) is 165. The number of imide groups is 1. The van der Waals surface area contributed by atoms with Crippen LogP contribution >= 0.6 is 0 Å². The molecule has 0 radical (unpaired) electrons. The quantitative estimate of drug-likeness (QED) is 0.0317. The molecule has 29 heteroatoms. The Morgan fingerprint density at radius 3 is 1.76 bits per heavy atom. The average Bonchev–Trinajstić information content (AvgIpc) is 1.78. The van der Waals surface area contributed by atoms with Gasteiger partial charge in [-0.25, -0.2) is 9.59 Å². The number of ether oxygens (including phenoxy) is 8. The number of carbonyl (C=O) groups excluding carboxylic acids is 12. The van der Waals surface area contributed by atoms with Crippen LogP contribution in [0.2, 0.25) is 0 Å². The fourth-order valence-corrected chi connectivity index (χ4v) is 14.0. The Bertz CT molecular complexity index is 3180. The zero-order chi connectivity index (χ0) is 80.9. The molecule has 2 aliphatic rings. The number of aliphatic hydroxyl groups excluding tert-OH is 1. The maximum absolute atomic E-state index is 14.9. The van der Waals surface area contributed by atoms with E-state index in [2.05, 4.69) is 16.0 Å². The molecular formula is C80H126N8O21. The van der Waals surface area contributed by atoms with Crippen LogP contribution in [0.15, 0.2) is 54.6 Å². The summed E-state index contributed by atoms with van der Waals surface area (Å²) < 4.78 is 45.4. The minimum atomic E-state index is -0.975. The maximum Gasteiger partial charge on any atom is 0.410 e. The Labute approximate surface area is 644 Å². The van der Waals surface area contributed by atoms with Crippen LogP contribution in [0.3, 0.4) is 0 Å². The molecule has 12 atom stereocenters. The van der Waals surface area contributed by atoms with Gasteiger partial charge in [-0.05, 0) is 78.5 Å². The van der Waals surface area contributed by atoms with E-state index < -0.39 is 84.2 Å². The molecule has 0 bridgehead atoms. The number of likely N-dealkylation sites (N-methyl/N-ethyl adjacent to an activating group) is 2. The Morgan fingerprint density at radius 1 is 0.651 bits per heavy atom. The second kappa shape index (κ2) is 49.6. The highest BCUT2D eigenvalue weighted by molar-refractivity contribution is 6.05. The van der Waals surface area contributed by atoms with Gasteiger partial charge in [0.15, 0.2) is 17.3 Å². The molecule has 2 aromatic carbocycles. The van der Waals surface area contributed by atoms with Crippen molar-refractivity contribution in [1.82, 2.24) is 30.2 Å². The number of rotatable bonds is 55. The van der Waals surface area contributed by atoms with Gasteiger partial charge in [0.1, 0.15) is 12.4 Å². The van der Waals surface area contributed by atoms with E-state index in [-0.39, 0.29) is 187 Å². The number of amides is 9. The molecule has 4 rings (SSSR count). The van der Waals surface area contributed by atoms with Crippen LogP contribution < -0.4 is 21.7 Å². The van der Waals surface area contributed by atoms with Crippen molar-refractivity contribution in [3.63, 3.8) is 0 Å². The van der Waals surface area contributed by atoms with Gasteiger partial charge >= 0.3 is 12.1 Å². The summed E-state index contributed by atoms with van der Waals surface area (Å²) in [6.45, 7) is 21.2. The SMILES string of the molecule is CCC(C)[C@@H]([C@@H](CC(=O)N1CCC[C@H]1[C@H](OC)[C@@H](C)C(=O)C[C@H](C)[C@@H](O)c1ccccc1)OC)N(C)C(=O)[C@@H](CC(=O)[C@H](C(C)C)N(C)C(=O)OCc1ccc(NC(=O)[C@H](CCCNC(N)=O)CC(=O)[C@@H](NC(=O)CCOCCOCCOCCOCCOCCC(=O)CN2C(=O)CCC2=O)C(C)C)cc1)C(C)C. The van der Waals surface area contributed by atoms with Crippen molar-refractivity contribution in [3.05, 3.63) is 65.7 Å². The third-order valence-electron chi connectivity index (χ3n) is 20.5. The Balaban J connectivity index is 1.25. The number of hydrogen-bond acceptors (Lipinski definition) is 21. The first-order chi connectivity index (χ1) is 51.9. The molecule has 2 heterocycles. The first kappa shape index (κ1) is 93.7. The van der Waals surface area contributed by atoms with E-state index in [0.717, 1.165) is 10.5 Å². The summed E-state index contributed by atoms with van der Waals surface area (Å²) in [5, 5.41) is 19.2. The third kappa shape index (κ3) is 31.6. The number of ketones is 4. The minimum Gasteiger partial charge on any atom is -0.445 e. The molecule has 2 aliphatic heterocycles. The number of methoxy groups -OCH3 is 2. The molecule has 29 nitrogen and oxygen atoms in total. The molecule has 2 aromatic rings. The van der Waals surface area contributed by atoms with Gasteiger partial charge in [0.25, 0.3) is 0 Å². The highest BCUT2D eigenvalue weighted by Gasteiger charge is 2.44. The highest BCUT2D eigenvalue weighted by atomic mass is 16.6. The summed E-state index contributed by atoms with van der Waals surface area (Å²) in [5.41, 5.74) is 6.95. The van der Waals surface area contributed by atoms with Gasteiger partial charge in [0.2, 0.25) is 35.4 Å². The highest BCUT2D eigenvalue weighted by Crippen LogP contribution is 2.34. The number of likely N-dealkylation sites (tertiary alicyclic amines) is 2. The molecule has 0 spiro atoms. The number of aliphatic hydroxyl groups is 1. The molecule has 612 valence electrons. The van der Waals surface area contributed by atoms with E-state index in [4.69, 9.17) is 43.6 Å². The fraction of sp³-hybridized carbons (Fsp3) is 0.700. The van der Waals surface area contributed by atoms with Gasteiger partial charge in [0.05, 0.1) is 122 Å². The van der Waals surface area contributed by atoms with E-state index in [1.165, 1.54) is 19.1 Å². The van der Waals surface area contributed by atoms with Crippen LogP contribution in [0.25, 0.3) is 0 Å². The second-order valence-corrected chi connectivity index (χ2v) is 29.7. The van der Waals surface area contributed by atoms with Crippen molar-refractivity contribution in [1.29, 1.82) is 0 Å². The molecule has 9 amide bonds. The van der Waals surface area contributed by atoms with E-state index in [9.17, 15) is 62.6 Å². The summed E-state index contributed by atoms with van der Waals surface area (Å²) in [5.74, 6) is -6.89. The van der Waals surface area contributed by atoms with Crippen LogP contribution in [0.4, 0.5) is 15.3 Å². The third-order valence-corrected chi connectivity index (χ3v) is 20.5. The van der Waals surface area contributed by atoms with Crippen LogP contribution in [0.5, 0.6) is 0 Å². The Hall–Kier alpha value is -7.64. The monoisotopic (exact) mass is 1530 g/mol. The predicted octanol–water partition coefficient (Wildman–Crippen LogP) is 7.44. The van der Waals surface area contributed by atoms with Crippen LogP contribution in [0, 0.1) is 47.3 Å². The zero-order valence-corrected chi connectivity index (χ0v) is 66.9. The van der Waals surface area contributed by atoms with Crippen LogP contribution in [-0.2, 0) is 92.4 Å². The van der Waals surface area contributed by atoms with Crippen molar-refractivity contribution >= 4 is 76.4 Å². The van der Waals surface area contributed by atoms with Gasteiger partial charge in [-0.15, -0.1) is 0 Å². The lowest BCUT2D eigenvalue weighted by molar-refractivity contribution is -0.149. The standard InChI is InChI=1S/C80H126N8O21/c1-15-54(8)74(67(102-13)48-71(96)87-34-20-24-63(87)76(103-14)56(10)64(90)45-55(9)75(97)58-21-17-16-18-22-58)85(11)78(99)62(51(2)3)47-66(92)73(53(6)7)86(12)80(101)109-50-57-25-27-60(28-26-57)83-77(98)59(23-19-33-82-79(81)100)46-65(91)72(52(4)5)84-68(93)32-36-105-38-40-107-42-44-108-43-41-106-39-37-104-35-31-61(89)49-88-69(94)29-30-70(88)95/h16-18,21-22,25-28,51-56,59,62-63,67,72-76,97H,15,19-20,23-24,29-50H2,1-14H3,(H,83,98)(H,84,93)(H3,81,82,100)/t54?,55-,56-,59+,62-,63-,67+,72-,73-,74-,75+,76+/m0/s1. The number of nitrogens with two attached hydrogens (primary N) is 1. The molecule has 0 aliphatic carbocycles. The molecule has 0 saturated carbocycles. The van der Waals surface area contributed by atoms with Gasteiger partial charge < -0.3 is 79.4 Å². The summed E-state index contributed by atoms with van der Waals surface area (Å²) in [6, 6.07) is 12.1. The first-order valence-corrected chi connectivity index (χ1v) is 38.7. The van der Waals surface area contributed by atoms with Gasteiger partial charge in [-0.3, -0.25) is 52.8 Å². The van der Waals surface area contributed by atoms with Crippen LogP contribution in [0.1, 0.15) is 170 Å². The van der Waals surface area contributed by atoms with Crippen molar-refractivity contribution < 1.29 is 101 Å². The Morgan fingerprint density at radius 2 is 1.23 bits per heavy atom. The number of benzene rings is 2. The number of anilines is 1. The van der Waals surface area contributed by atoms with E-state index >= 15 is 0 Å². The number of Topliss-reactive ketones (excluding diaryl/α,β-unsaturated/α-hetero) is 4. The lowest BCUT2D eigenvalue weighted by atomic mass is 9.83. The smallest absolute Gasteiger partial charge is 0.410 e. The predicted molar refractivity (Wildman–Crippen MR) is 407 cm³/mol. The lowest BCUT2D eigenvalue weighted by Gasteiger charge is -2.41. The summed E-state index contributed by atoms with van der Waals surface area (Å²) >= 11 is 0. The van der Waals surface area contributed by atoms with E-state index in [1.807, 2.05) is 85.7 Å². The van der Waals surface area contributed by atoms with Crippen LogP contribution in [-0.4, -0.2) is 246 Å². The number of carbonyl (C=O) groups is 12. The van der Waals surface area contributed by atoms with Crippen molar-refractivity contribution in [2.75, 3.05) is 119 Å². The normalized spacial score (nSPS) is 16.9. The molecule has 2 fully saturated rings. The molecular weight excluding hydrogens is 1410 g/mol. The number of primary amides is 1. The zero-order valence-electron chi connectivity index (χ0n) is 66.9. The minimum absolute atomic E-state index is 0.0405. The largest absolute Gasteiger partial charge is 0.445 e. The maximum atomic E-state index is 14.9. The van der Waals surface area contributed by atoms with Crippen molar-refractivity contribution in [3.8, 4) is 0 Å². The Kier molecular flexibility index (Phi) is 42.6. The summed E-state index contributed by atoms with van der Waals surface area (Å²) in [6.07, 6.45) is -0.518. The van der Waals surface area contributed by atoms with Gasteiger partial charge in [-0.2, -0.15) is 0 Å². The fourth-order valence-electron chi connectivity index (χ4n) is 14.0. The molecule has 1 unspecified atom stereocenters.